The van der Waals surface area contributed by atoms with Gasteiger partial charge in [-0.1, -0.05) is 35.2 Å². The van der Waals surface area contributed by atoms with E-state index in [1.54, 1.807) is 18.9 Å². The highest BCUT2D eigenvalue weighted by molar-refractivity contribution is 8.00. The Morgan fingerprint density at radius 3 is 3.10 bits per heavy atom. The fourth-order valence-electron chi connectivity index (χ4n) is 1.78. The molecule has 5 nitrogen and oxygen atoms in total. The number of anilines is 1. The third-order valence-corrected chi connectivity index (χ3v) is 5.12. The Labute approximate surface area is 131 Å². The first-order chi connectivity index (χ1) is 10.2. The summed E-state index contributed by atoms with van der Waals surface area (Å²) < 4.78 is 6.05. The molecule has 0 radical (unpaired) electrons. The number of carbonyl (C=O) groups is 1. The summed E-state index contributed by atoms with van der Waals surface area (Å²) in [4.78, 5) is 11.6. The minimum atomic E-state index is 0.0653. The molecule has 3 rings (SSSR count). The molecule has 1 aromatic carbocycles. The lowest BCUT2D eigenvalue weighted by atomic mass is 10.2. The monoisotopic (exact) mass is 321 g/mol. The summed E-state index contributed by atoms with van der Waals surface area (Å²) in [6, 6.07) is 7.94. The van der Waals surface area contributed by atoms with E-state index in [1.165, 1.54) is 11.3 Å². The Bertz CT molecular complexity index is 641. The molecule has 110 valence electrons. The summed E-state index contributed by atoms with van der Waals surface area (Å²) in [6.07, 6.45) is 1.98. The van der Waals surface area contributed by atoms with Crippen molar-refractivity contribution >= 4 is 34.1 Å². The first-order valence-corrected chi connectivity index (χ1v) is 8.45. The van der Waals surface area contributed by atoms with Crippen molar-refractivity contribution in [2.24, 2.45) is 5.92 Å². The van der Waals surface area contributed by atoms with Gasteiger partial charge in [-0.3, -0.25) is 4.79 Å². The molecule has 1 aliphatic carbocycles. The van der Waals surface area contributed by atoms with Crippen LogP contribution in [0.3, 0.4) is 0 Å². The summed E-state index contributed by atoms with van der Waals surface area (Å²) in [5.41, 5.74) is 1.16. The molecule has 0 spiro atoms. The number of nitrogens with one attached hydrogen (secondary N) is 1. The maximum Gasteiger partial charge on any atom is 0.229 e. The van der Waals surface area contributed by atoms with Crippen molar-refractivity contribution in [2.45, 2.75) is 22.9 Å². The molecule has 1 fully saturated rings. The van der Waals surface area contributed by atoms with Crippen molar-refractivity contribution in [3.05, 3.63) is 29.8 Å². The van der Waals surface area contributed by atoms with Crippen LogP contribution in [0, 0.1) is 5.92 Å². The van der Waals surface area contributed by atoms with Crippen molar-refractivity contribution < 1.29 is 9.53 Å². The normalized spacial score (nSPS) is 14.0. The summed E-state index contributed by atoms with van der Waals surface area (Å²) in [5, 5.41) is 11.5. The average molecular weight is 321 g/mol. The molecule has 21 heavy (non-hydrogen) atoms. The quantitative estimate of drug-likeness (QED) is 0.654. The molecular weight excluding hydrogens is 306 g/mol. The maximum atomic E-state index is 11.6. The van der Waals surface area contributed by atoms with Gasteiger partial charge >= 0.3 is 0 Å². The van der Waals surface area contributed by atoms with Crippen molar-refractivity contribution in [1.29, 1.82) is 0 Å². The average Bonchev–Trinajstić information content (AvgIpc) is 3.27. The van der Waals surface area contributed by atoms with E-state index >= 15 is 0 Å². The van der Waals surface area contributed by atoms with Gasteiger partial charge in [0, 0.05) is 11.7 Å². The number of rotatable bonds is 6. The molecule has 1 amide bonds. The van der Waals surface area contributed by atoms with Crippen molar-refractivity contribution in [3.63, 3.8) is 0 Å². The first-order valence-electron chi connectivity index (χ1n) is 6.64. The smallest absolute Gasteiger partial charge is 0.229 e. The summed E-state index contributed by atoms with van der Waals surface area (Å²) in [7, 11) is 1.66. The zero-order chi connectivity index (χ0) is 14.7. The molecule has 1 saturated carbocycles. The number of aromatic nitrogens is 2. The van der Waals surface area contributed by atoms with Crippen LogP contribution in [0.4, 0.5) is 5.13 Å². The molecule has 7 heteroatoms. The molecule has 0 bridgehead atoms. The Morgan fingerprint density at radius 1 is 1.48 bits per heavy atom. The second kappa shape index (κ2) is 6.44. The molecule has 0 atom stereocenters. The molecule has 1 heterocycles. The molecule has 1 aromatic heterocycles. The van der Waals surface area contributed by atoms with E-state index < -0.39 is 0 Å². The van der Waals surface area contributed by atoms with Crippen LogP contribution in [0.25, 0.3) is 0 Å². The molecular formula is C14H15N3O2S2. The van der Waals surface area contributed by atoms with Crippen LogP contribution in [-0.2, 0) is 10.5 Å². The van der Waals surface area contributed by atoms with E-state index in [0.29, 0.717) is 5.13 Å². The predicted molar refractivity (Wildman–Crippen MR) is 83.8 cm³/mol. The van der Waals surface area contributed by atoms with E-state index in [9.17, 15) is 4.79 Å². The van der Waals surface area contributed by atoms with E-state index in [0.717, 1.165) is 34.2 Å². The van der Waals surface area contributed by atoms with Gasteiger partial charge in [-0.15, -0.1) is 10.2 Å². The fourth-order valence-corrected chi connectivity index (χ4v) is 3.48. The molecule has 0 saturated heterocycles. The van der Waals surface area contributed by atoms with Gasteiger partial charge in [0.25, 0.3) is 0 Å². The van der Waals surface area contributed by atoms with Crippen LogP contribution >= 0.6 is 23.1 Å². The lowest BCUT2D eigenvalue weighted by Crippen LogP contribution is -2.12. The van der Waals surface area contributed by atoms with Gasteiger partial charge in [-0.25, -0.2) is 0 Å². The number of amides is 1. The van der Waals surface area contributed by atoms with Crippen molar-refractivity contribution in [3.8, 4) is 5.75 Å². The van der Waals surface area contributed by atoms with E-state index in [4.69, 9.17) is 4.74 Å². The van der Waals surface area contributed by atoms with Gasteiger partial charge in [-0.2, -0.15) is 0 Å². The molecule has 1 N–H and O–H groups in total. The third-order valence-electron chi connectivity index (χ3n) is 3.08. The Morgan fingerprint density at radius 2 is 2.33 bits per heavy atom. The number of carbonyl (C=O) groups excluding carboxylic acids is 1. The van der Waals surface area contributed by atoms with E-state index in [1.807, 2.05) is 24.3 Å². The van der Waals surface area contributed by atoms with Crippen molar-refractivity contribution in [2.75, 3.05) is 12.4 Å². The third kappa shape index (κ3) is 3.95. The lowest BCUT2D eigenvalue weighted by Gasteiger charge is -2.02. The number of benzene rings is 1. The number of thioether (sulfide) groups is 1. The number of hydrogen-bond donors (Lipinski definition) is 1. The summed E-state index contributed by atoms with van der Waals surface area (Å²) in [6.45, 7) is 0. The van der Waals surface area contributed by atoms with Gasteiger partial charge in [0.15, 0.2) is 4.34 Å². The minimum absolute atomic E-state index is 0.0653. The zero-order valence-corrected chi connectivity index (χ0v) is 13.2. The van der Waals surface area contributed by atoms with Gasteiger partial charge in [-0.05, 0) is 30.5 Å². The Hall–Kier alpha value is -1.60. The van der Waals surface area contributed by atoms with E-state index in [2.05, 4.69) is 15.5 Å². The SMILES string of the molecule is COc1cccc(CSc2nnc(NC(=O)C3CC3)s2)c1. The summed E-state index contributed by atoms with van der Waals surface area (Å²) >= 11 is 3.02. The van der Waals surface area contributed by atoms with Gasteiger partial charge in [0.2, 0.25) is 11.0 Å². The number of hydrogen-bond acceptors (Lipinski definition) is 6. The van der Waals surface area contributed by atoms with Crippen LogP contribution in [0.1, 0.15) is 18.4 Å². The summed E-state index contributed by atoms with van der Waals surface area (Å²) in [5.74, 6) is 1.89. The predicted octanol–water partition coefficient (Wildman–Crippen LogP) is 3.19. The van der Waals surface area contributed by atoms with Gasteiger partial charge < -0.3 is 10.1 Å². The Balaban J connectivity index is 1.55. The van der Waals surface area contributed by atoms with Gasteiger partial charge in [0.05, 0.1) is 7.11 Å². The van der Waals surface area contributed by atoms with Crippen LogP contribution in [0.15, 0.2) is 28.6 Å². The number of nitrogens with zero attached hydrogens (tertiary/aromatic N) is 2. The van der Waals surface area contributed by atoms with Crippen LogP contribution in [0.2, 0.25) is 0 Å². The zero-order valence-electron chi connectivity index (χ0n) is 11.5. The second-order valence-corrected chi connectivity index (χ2v) is 6.98. The fraction of sp³-hybridized carbons (Fsp3) is 0.357. The number of ether oxygens (including phenoxy) is 1. The topological polar surface area (TPSA) is 64.1 Å². The Kier molecular flexibility index (Phi) is 4.40. The van der Waals surface area contributed by atoms with Crippen molar-refractivity contribution in [1.82, 2.24) is 10.2 Å². The van der Waals surface area contributed by atoms with E-state index in [-0.39, 0.29) is 11.8 Å². The minimum Gasteiger partial charge on any atom is -0.497 e. The maximum absolute atomic E-state index is 11.6. The molecule has 2 aromatic rings. The highest BCUT2D eigenvalue weighted by Crippen LogP contribution is 2.32. The highest BCUT2D eigenvalue weighted by Gasteiger charge is 2.30. The molecule has 0 aliphatic heterocycles. The number of methoxy groups -OCH3 is 1. The van der Waals surface area contributed by atoms with Crippen LogP contribution in [-0.4, -0.2) is 23.2 Å². The largest absolute Gasteiger partial charge is 0.497 e. The first kappa shape index (κ1) is 14.3. The lowest BCUT2D eigenvalue weighted by molar-refractivity contribution is -0.117. The second-order valence-electron chi connectivity index (χ2n) is 4.78. The highest BCUT2D eigenvalue weighted by atomic mass is 32.2. The molecule has 1 aliphatic rings. The van der Waals surface area contributed by atoms with Gasteiger partial charge in [0.1, 0.15) is 5.75 Å². The molecule has 0 unspecified atom stereocenters. The standard InChI is InChI=1S/C14H15N3O2S2/c1-19-11-4-2-3-9(7-11)8-20-14-17-16-13(21-14)15-12(18)10-5-6-10/h2-4,7,10H,5-6,8H2,1H3,(H,15,16,18). The van der Waals surface area contributed by atoms with Crippen LogP contribution < -0.4 is 10.1 Å². The van der Waals surface area contributed by atoms with Crippen LogP contribution in [0.5, 0.6) is 5.75 Å².